The first-order valence-electron chi connectivity index (χ1n) is 9.43. The molecule has 0 aliphatic carbocycles. The molecular formula is C21H27FN2O4S. The highest BCUT2D eigenvalue weighted by atomic mass is 32.2. The molecule has 8 heteroatoms. The summed E-state index contributed by atoms with van der Waals surface area (Å²) in [5.74, 6) is 0.0221. The van der Waals surface area contributed by atoms with Crippen LogP contribution in [0.15, 0.2) is 48.5 Å². The summed E-state index contributed by atoms with van der Waals surface area (Å²) in [4.78, 5) is 12.4. The molecule has 0 saturated heterocycles. The molecule has 1 N–H and O–H groups in total. The number of hydrogen-bond donors (Lipinski definition) is 1. The number of carbonyl (C=O) groups is 1. The molecule has 0 aliphatic heterocycles. The molecule has 0 aliphatic rings. The molecular weight excluding hydrogens is 395 g/mol. The summed E-state index contributed by atoms with van der Waals surface area (Å²) in [5, 5.41) is 2.86. The van der Waals surface area contributed by atoms with Crippen LogP contribution in [-0.2, 0) is 21.2 Å². The molecule has 0 spiro atoms. The number of hydrogen-bond acceptors (Lipinski definition) is 4. The van der Waals surface area contributed by atoms with Crippen molar-refractivity contribution in [3.05, 3.63) is 59.9 Å². The fraction of sp³-hybridized carbons (Fsp3) is 0.381. The maximum atomic E-state index is 12.9. The van der Waals surface area contributed by atoms with Gasteiger partial charge in [-0.15, -0.1) is 0 Å². The van der Waals surface area contributed by atoms with E-state index in [2.05, 4.69) is 5.32 Å². The highest BCUT2D eigenvalue weighted by Crippen LogP contribution is 2.21. The van der Waals surface area contributed by atoms with E-state index in [0.717, 1.165) is 24.7 Å². The van der Waals surface area contributed by atoms with Crippen LogP contribution < -0.4 is 14.4 Å². The zero-order chi connectivity index (χ0) is 21.4. The van der Waals surface area contributed by atoms with Gasteiger partial charge in [-0.05, 0) is 61.2 Å². The number of benzene rings is 2. The summed E-state index contributed by atoms with van der Waals surface area (Å²) >= 11 is 0. The van der Waals surface area contributed by atoms with E-state index >= 15 is 0 Å². The van der Waals surface area contributed by atoms with Crippen LogP contribution in [0.1, 0.15) is 25.3 Å². The Labute approximate surface area is 171 Å². The average Bonchev–Trinajstić information content (AvgIpc) is 2.69. The van der Waals surface area contributed by atoms with E-state index in [9.17, 15) is 17.6 Å². The summed E-state index contributed by atoms with van der Waals surface area (Å²) in [6.07, 6.45) is 2.47. The number of nitrogens with zero attached hydrogens (tertiary/aromatic N) is 1. The number of nitrogens with one attached hydrogen (secondary N) is 1. The van der Waals surface area contributed by atoms with E-state index in [-0.39, 0.29) is 11.7 Å². The van der Waals surface area contributed by atoms with Gasteiger partial charge in [0.2, 0.25) is 10.0 Å². The predicted octanol–water partition coefficient (Wildman–Crippen LogP) is 3.13. The van der Waals surface area contributed by atoms with Gasteiger partial charge in [0.15, 0.2) is 6.10 Å². The van der Waals surface area contributed by atoms with Crippen molar-refractivity contribution in [2.24, 2.45) is 0 Å². The molecule has 0 bridgehead atoms. The van der Waals surface area contributed by atoms with E-state index in [1.807, 2.05) is 6.92 Å². The summed E-state index contributed by atoms with van der Waals surface area (Å²) in [7, 11) is -1.86. The van der Waals surface area contributed by atoms with Gasteiger partial charge >= 0.3 is 0 Å². The second-order valence-corrected chi connectivity index (χ2v) is 8.77. The predicted molar refractivity (Wildman–Crippen MR) is 112 cm³/mol. The molecule has 0 aromatic heterocycles. The monoisotopic (exact) mass is 422 g/mol. The molecule has 1 amide bonds. The maximum Gasteiger partial charge on any atom is 0.261 e. The van der Waals surface area contributed by atoms with Crippen molar-refractivity contribution in [3.8, 4) is 5.75 Å². The van der Waals surface area contributed by atoms with E-state index in [4.69, 9.17) is 4.74 Å². The molecule has 2 aromatic rings. The fourth-order valence-corrected chi connectivity index (χ4v) is 3.19. The molecule has 0 fully saturated rings. The van der Waals surface area contributed by atoms with Crippen LogP contribution in [-0.4, -0.2) is 40.3 Å². The second kappa shape index (κ2) is 10.2. The zero-order valence-electron chi connectivity index (χ0n) is 16.9. The summed E-state index contributed by atoms with van der Waals surface area (Å²) in [6.45, 7) is 2.35. The lowest BCUT2D eigenvalue weighted by Crippen LogP contribution is -2.38. The zero-order valence-corrected chi connectivity index (χ0v) is 17.7. The van der Waals surface area contributed by atoms with Crippen LogP contribution in [0.3, 0.4) is 0 Å². The number of rotatable bonds is 10. The SMILES string of the molecule is CC[C@H](Oc1ccc(N(C)S(C)(=O)=O)cc1)C(=O)NCCCc1ccc(F)cc1. The van der Waals surface area contributed by atoms with Gasteiger partial charge in [0, 0.05) is 13.6 Å². The number of anilines is 1. The Balaban J connectivity index is 1.83. The summed E-state index contributed by atoms with van der Waals surface area (Å²) in [6, 6.07) is 12.9. The molecule has 2 aromatic carbocycles. The van der Waals surface area contributed by atoms with Crippen molar-refractivity contribution in [1.29, 1.82) is 0 Å². The fourth-order valence-electron chi connectivity index (χ4n) is 2.68. The van der Waals surface area contributed by atoms with Gasteiger partial charge in [-0.3, -0.25) is 9.10 Å². The quantitative estimate of drug-likeness (QED) is 0.597. The molecule has 0 radical (unpaired) electrons. The number of ether oxygens (including phenoxy) is 1. The standard InChI is InChI=1S/C21H27FN2O4S/c1-4-20(21(25)23-15-5-6-16-7-9-17(22)10-8-16)28-19-13-11-18(12-14-19)24(2)29(3,26)27/h7-14,20H,4-6,15H2,1-3H3,(H,23,25)/t20-/m0/s1. The first-order valence-corrected chi connectivity index (χ1v) is 11.3. The van der Waals surface area contributed by atoms with Crippen molar-refractivity contribution in [3.63, 3.8) is 0 Å². The minimum atomic E-state index is -3.34. The molecule has 0 unspecified atom stereocenters. The van der Waals surface area contributed by atoms with Gasteiger partial charge in [-0.1, -0.05) is 19.1 Å². The Morgan fingerprint density at radius 3 is 2.31 bits per heavy atom. The van der Waals surface area contributed by atoms with E-state index in [1.165, 1.54) is 23.5 Å². The van der Waals surface area contributed by atoms with Crippen LogP contribution in [0.5, 0.6) is 5.75 Å². The van der Waals surface area contributed by atoms with Gasteiger partial charge < -0.3 is 10.1 Å². The average molecular weight is 423 g/mol. The van der Waals surface area contributed by atoms with E-state index in [0.29, 0.717) is 24.4 Å². The van der Waals surface area contributed by atoms with Crippen LogP contribution in [0.2, 0.25) is 0 Å². The molecule has 158 valence electrons. The number of aryl methyl sites for hydroxylation is 1. The Morgan fingerprint density at radius 2 is 1.76 bits per heavy atom. The molecule has 6 nitrogen and oxygen atoms in total. The smallest absolute Gasteiger partial charge is 0.261 e. The minimum Gasteiger partial charge on any atom is -0.481 e. The Bertz CT molecular complexity index is 899. The summed E-state index contributed by atoms with van der Waals surface area (Å²) in [5.41, 5.74) is 1.53. The molecule has 1 atom stereocenters. The largest absolute Gasteiger partial charge is 0.481 e. The Hall–Kier alpha value is -2.61. The normalized spacial score (nSPS) is 12.3. The number of carbonyl (C=O) groups excluding carboxylic acids is 1. The van der Waals surface area contributed by atoms with Crippen LogP contribution in [0.4, 0.5) is 10.1 Å². The van der Waals surface area contributed by atoms with Gasteiger partial charge in [0.25, 0.3) is 5.91 Å². The maximum absolute atomic E-state index is 12.9. The number of sulfonamides is 1. The van der Waals surface area contributed by atoms with Crippen molar-refractivity contribution in [1.82, 2.24) is 5.32 Å². The van der Waals surface area contributed by atoms with Gasteiger partial charge in [-0.2, -0.15) is 0 Å². The lowest BCUT2D eigenvalue weighted by molar-refractivity contribution is -0.128. The van der Waals surface area contributed by atoms with Crippen LogP contribution in [0, 0.1) is 5.82 Å². The third-order valence-corrected chi connectivity index (χ3v) is 5.70. The van der Waals surface area contributed by atoms with E-state index < -0.39 is 16.1 Å². The lowest BCUT2D eigenvalue weighted by atomic mass is 10.1. The summed E-state index contributed by atoms with van der Waals surface area (Å²) < 4.78 is 43.0. The van der Waals surface area contributed by atoms with Crippen LogP contribution >= 0.6 is 0 Å². The molecule has 29 heavy (non-hydrogen) atoms. The molecule has 0 heterocycles. The number of amides is 1. The lowest BCUT2D eigenvalue weighted by Gasteiger charge is -2.19. The third kappa shape index (κ3) is 7.05. The minimum absolute atomic E-state index is 0.205. The Morgan fingerprint density at radius 1 is 1.14 bits per heavy atom. The highest BCUT2D eigenvalue weighted by Gasteiger charge is 2.18. The van der Waals surface area contributed by atoms with Crippen molar-refractivity contribution >= 4 is 21.6 Å². The van der Waals surface area contributed by atoms with E-state index in [1.54, 1.807) is 36.4 Å². The first-order chi connectivity index (χ1) is 13.7. The third-order valence-electron chi connectivity index (χ3n) is 4.49. The first kappa shape index (κ1) is 22.7. The van der Waals surface area contributed by atoms with Gasteiger partial charge in [0.1, 0.15) is 11.6 Å². The van der Waals surface area contributed by atoms with Crippen molar-refractivity contribution in [2.75, 3.05) is 24.2 Å². The molecule has 2 rings (SSSR count). The second-order valence-electron chi connectivity index (χ2n) is 6.76. The van der Waals surface area contributed by atoms with Crippen molar-refractivity contribution < 1.29 is 22.3 Å². The highest BCUT2D eigenvalue weighted by molar-refractivity contribution is 7.92. The van der Waals surface area contributed by atoms with Crippen molar-refractivity contribution in [2.45, 2.75) is 32.3 Å². The van der Waals surface area contributed by atoms with Gasteiger partial charge in [0.05, 0.1) is 11.9 Å². The molecule has 0 saturated carbocycles. The Kier molecular flexibility index (Phi) is 8.01. The topological polar surface area (TPSA) is 75.7 Å². The van der Waals surface area contributed by atoms with Crippen LogP contribution in [0.25, 0.3) is 0 Å². The number of halogens is 1. The van der Waals surface area contributed by atoms with Gasteiger partial charge in [-0.25, -0.2) is 12.8 Å².